The van der Waals surface area contributed by atoms with Crippen molar-refractivity contribution in [3.8, 4) is 5.75 Å². The van der Waals surface area contributed by atoms with Crippen LogP contribution in [0.2, 0.25) is 0 Å². The van der Waals surface area contributed by atoms with Gasteiger partial charge in [-0.3, -0.25) is 4.90 Å². The average molecular weight is 285 g/mol. The molecule has 0 amide bonds. The summed E-state index contributed by atoms with van der Waals surface area (Å²) in [6.07, 6.45) is 2.53. The lowest BCUT2D eigenvalue weighted by atomic mass is 9.96. The molecule has 1 aliphatic rings. The van der Waals surface area contributed by atoms with E-state index in [2.05, 4.69) is 17.1 Å². The number of benzene rings is 1. The first-order valence-electron chi connectivity index (χ1n) is 6.99. The van der Waals surface area contributed by atoms with Crippen LogP contribution >= 0.6 is 12.4 Å². The van der Waals surface area contributed by atoms with Gasteiger partial charge in [0.1, 0.15) is 5.75 Å². The summed E-state index contributed by atoms with van der Waals surface area (Å²) in [5.41, 5.74) is 1.04. The molecule has 0 unspecified atom stereocenters. The van der Waals surface area contributed by atoms with Crippen LogP contribution in [0.25, 0.3) is 0 Å². The molecule has 0 radical (unpaired) electrons. The van der Waals surface area contributed by atoms with Gasteiger partial charge in [-0.25, -0.2) is 0 Å². The molecule has 0 bridgehead atoms. The molecule has 1 aromatic carbocycles. The normalized spacial score (nSPS) is 17.1. The fraction of sp³-hybridized carbons (Fsp3) is 0.600. The minimum atomic E-state index is 0. The topological polar surface area (TPSA) is 35.5 Å². The van der Waals surface area contributed by atoms with E-state index in [1.54, 1.807) is 6.07 Å². The van der Waals surface area contributed by atoms with E-state index in [1.165, 1.54) is 12.8 Å². The summed E-state index contributed by atoms with van der Waals surface area (Å²) in [4.78, 5) is 2.44. The van der Waals surface area contributed by atoms with Gasteiger partial charge >= 0.3 is 0 Å². The predicted octanol–water partition coefficient (Wildman–Crippen LogP) is 2.64. The molecule has 0 spiro atoms. The number of para-hydroxylation sites is 1. The smallest absolute Gasteiger partial charge is 0.120 e. The maximum atomic E-state index is 9.77. The van der Waals surface area contributed by atoms with Crippen LogP contribution in [0.15, 0.2) is 24.3 Å². The molecule has 1 saturated heterocycles. The number of nitrogens with zero attached hydrogens (tertiary/aromatic N) is 1. The SMILES string of the molecule is CCNCC1CCN(Cc2ccccc2O)CC1.Cl. The summed E-state index contributed by atoms with van der Waals surface area (Å²) < 4.78 is 0. The summed E-state index contributed by atoms with van der Waals surface area (Å²) in [5, 5.41) is 13.2. The van der Waals surface area contributed by atoms with Crippen molar-refractivity contribution in [2.75, 3.05) is 26.2 Å². The first-order chi connectivity index (χ1) is 8.79. The number of hydrogen-bond acceptors (Lipinski definition) is 3. The number of piperidine rings is 1. The van der Waals surface area contributed by atoms with Crippen LogP contribution in [0.5, 0.6) is 5.75 Å². The number of phenols is 1. The Hall–Kier alpha value is -0.770. The van der Waals surface area contributed by atoms with Gasteiger partial charge in [0.25, 0.3) is 0 Å². The highest BCUT2D eigenvalue weighted by molar-refractivity contribution is 5.85. The average Bonchev–Trinajstić information content (AvgIpc) is 2.41. The molecule has 19 heavy (non-hydrogen) atoms. The third-order valence-electron chi connectivity index (χ3n) is 3.78. The Morgan fingerprint density at radius 1 is 1.26 bits per heavy atom. The van der Waals surface area contributed by atoms with Gasteiger partial charge in [0.15, 0.2) is 0 Å². The fourth-order valence-corrected chi connectivity index (χ4v) is 2.58. The van der Waals surface area contributed by atoms with Crippen LogP contribution in [0.4, 0.5) is 0 Å². The predicted molar refractivity (Wildman–Crippen MR) is 81.9 cm³/mol. The number of aromatic hydroxyl groups is 1. The highest BCUT2D eigenvalue weighted by atomic mass is 35.5. The molecule has 2 N–H and O–H groups in total. The zero-order chi connectivity index (χ0) is 12.8. The number of rotatable bonds is 5. The summed E-state index contributed by atoms with van der Waals surface area (Å²) >= 11 is 0. The second-order valence-corrected chi connectivity index (χ2v) is 5.16. The van der Waals surface area contributed by atoms with Gasteiger partial charge < -0.3 is 10.4 Å². The lowest BCUT2D eigenvalue weighted by molar-refractivity contribution is 0.174. The Labute approximate surface area is 122 Å². The lowest BCUT2D eigenvalue weighted by Gasteiger charge is -2.32. The molecule has 0 aliphatic carbocycles. The van der Waals surface area contributed by atoms with Crippen molar-refractivity contribution in [2.24, 2.45) is 5.92 Å². The summed E-state index contributed by atoms with van der Waals surface area (Å²) in [6, 6.07) is 7.65. The van der Waals surface area contributed by atoms with Crippen LogP contribution in [0.1, 0.15) is 25.3 Å². The molecule has 1 aliphatic heterocycles. The molecule has 4 heteroatoms. The maximum absolute atomic E-state index is 9.77. The molecule has 1 heterocycles. The molecule has 3 nitrogen and oxygen atoms in total. The number of likely N-dealkylation sites (tertiary alicyclic amines) is 1. The molecule has 1 aromatic rings. The van der Waals surface area contributed by atoms with E-state index >= 15 is 0 Å². The second-order valence-electron chi connectivity index (χ2n) is 5.16. The Bertz CT molecular complexity index is 365. The van der Waals surface area contributed by atoms with Crippen molar-refractivity contribution in [3.63, 3.8) is 0 Å². The van der Waals surface area contributed by atoms with E-state index < -0.39 is 0 Å². The molecule has 108 valence electrons. The highest BCUT2D eigenvalue weighted by Gasteiger charge is 2.19. The van der Waals surface area contributed by atoms with Crippen LogP contribution < -0.4 is 5.32 Å². The van der Waals surface area contributed by atoms with Gasteiger partial charge in [-0.15, -0.1) is 12.4 Å². The van der Waals surface area contributed by atoms with Crippen LogP contribution in [0.3, 0.4) is 0 Å². The van der Waals surface area contributed by atoms with Gasteiger partial charge in [-0.05, 0) is 51.0 Å². The third-order valence-corrected chi connectivity index (χ3v) is 3.78. The van der Waals surface area contributed by atoms with Crippen LogP contribution in [-0.2, 0) is 6.54 Å². The van der Waals surface area contributed by atoms with E-state index in [0.717, 1.165) is 44.2 Å². The maximum Gasteiger partial charge on any atom is 0.120 e. The monoisotopic (exact) mass is 284 g/mol. The molecular weight excluding hydrogens is 260 g/mol. The second kappa shape index (κ2) is 8.41. The van der Waals surface area contributed by atoms with E-state index in [1.807, 2.05) is 18.2 Å². The van der Waals surface area contributed by atoms with Gasteiger partial charge in [-0.1, -0.05) is 25.1 Å². The Morgan fingerprint density at radius 3 is 2.58 bits per heavy atom. The molecule has 0 atom stereocenters. The number of hydrogen-bond donors (Lipinski definition) is 2. The molecular formula is C15H25ClN2O. The largest absolute Gasteiger partial charge is 0.508 e. The molecule has 1 fully saturated rings. The van der Waals surface area contributed by atoms with Gasteiger partial charge in [-0.2, -0.15) is 0 Å². The zero-order valence-corrected chi connectivity index (χ0v) is 12.5. The van der Waals surface area contributed by atoms with E-state index in [4.69, 9.17) is 0 Å². The first-order valence-corrected chi connectivity index (χ1v) is 6.99. The van der Waals surface area contributed by atoms with E-state index in [0.29, 0.717) is 5.75 Å². The van der Waals surface area contributed by atoms with Crippen molar-refractivity contribution in [3.05, 3.63) is 29.8 Å². The fourth-order valence-electron chi connectivity index (χ4n) is 2.58. The Kier molecular flexibility index (Phi) is 7.21. The molecule has 2 rings (SSSR count). The van der Waals surface area contributed by atoms with Gasteiger partial charge in [0, 0.05) is 12.1 Å². The number of nitrogens with one attached hydrogen (secondary N) is 1. The number of halogens is 1. The summed E-state index contributed by atoms with van der Waals surface area (Å²) in [7, 11) is 0. The standard InChI is InChI=1S/C15H24N2O.ClH/c1-2-16-11-13-7-9-17(10-8-13)12-14-5-3-4-6-15(14)18;/h3-6,13,16,18H,2,7-12H2,1H3;1H. The lowest BCUT2D eigenvalue weighted by Crippen LogP contribution is -2.36. The van der Waals surface area contributed by atoms with Gasteiger partial charge in [0.05, 0.1) is 0 Å². The Morgan fingerprint density at radius 2 is 1.95 bits per heavy atom. The van der Waals surface area contributed by atoms with Crippen LogP contribution in [-0.4, -0.2) is 36.2 Å². The summed E-state index contributed by atoms with van der Waals surface area (Å²) in [5.74, 6) is 1.25. The van der Waals surface area contributed by atoms with Crippen molar-refractivity contribution >= 4 is 12.4 Å². The number of phenolic OH excluding ortho intramolecular Hbond substituents is 1. The minimum Gasteiger partial charge on any atom is -0.508 e. The van der Waals surface area contributed by atoms with Crippen molar-refractivity contribution in [1.29, 1.82) is 0 Å². The van der Waals surface area contributed by atoms with E-state index in [9.17, 15) is 5.11 Å². The highest BCUT2D eigenvalue weighted by Crippen LogP contribution is 2.22. The van der Waals surface area contributed by atoms with Gasteiger partial charge in [0.2, 0.25) is 0 Å². The van der Waals surface area contributed by atoms with Crippen molar-refractivity contribution < 1.29 is 5.11 Å². The van der Waals surface area contributed by atoms with Crippen molar-refractivity contribution in [1.82, 2.24) is 10.2 Å². The molecule has 0 saturated carbocycles. The van der Waals surface area contributed by atoms with E-state index in [-0.39, 0.29) is 12.4 Å². The van der Waals surface area contributed by atoms with Crippen LogP contribution in [0, 0.1) is 5.92 Å². The molecule has 0 aromatic heterocycles. The Balaban J connectivity index is 0.00000180. The minimum absolute atomic E-state index is 0. The quantitative estimate of drug-likeness (QED) is 0.873. The summed E-state index contributed by atoms with van der Waals surface area (Å²) in [6.45, 7) is 7.54. The van der Waals surface area contributed by atoms with Crippen molar-refractivity contribution in [2.45, 2.75) is 26.3 Å². The first kappa shape index (κ1) is 16.3. The zero-order valence-electron chi connectivity index (χ0n) is 11.6. The third kappa shape index (κ3) is 5.01.